The van der Waals surface area contributed by atoms with Crippen LogP contribution in [0.1, 0.15) is 87.9 Å². The first-order valence-corrected chi connectivity index (χ1v) is 14.0. The van der Waals surface area contributed by atoms with Crippen molar-refractivity contribution in [1.29, 1.82) is 0 Å². The van der Waals surface area contributed by atoms with Gasteiger partial charge < -0.3 is 10.2 Å². The fourth-order valence-corrected chi connectivity index (χ4v) is 6.63. The van der Waals surface area contributed by atoms with Crippen LogP contribution in [-0.2, 0) is 26.7 Å². The molecule has 8 heteroatoms. The summed E-state index contributed by atoms with van der Waals surface area (Å²) in [7, 11) is -3.72. The highest BCUT2D eigenvalue weighted by Gasteiger charge is 2.34. The quantitative estimate of drug-likeness (QED) is 0.429. The third-order valence-corrected chi connectivity index (χ3v) is 9.41. The summed E-state index contributed by atoms with van der Waals surface area (Å²) in [5.41, 5.74) is 4.01. The molecule has 1 heterocycles. The minimum absolute atomic E-state index is 0.120. The Labute approximate surface area is 209 Å². The number of rotatable bonds is 8. The molecular formula is C26H41NO5S2. The van der Waals surface area contributed by atoms with Crippen molar-refractivity contribution >= 4 is 27.3 Å². The number of aryl methyl sites for hydroxylation is 3. The highest BCUT2D eigenvalue weighted by molar-refractivity contribution is 7.91. The van der Waals surface area contributed by atoms with Gasteiger partial charge in [0.05, 0.1) is 6.10 Å². The Morgan fingerprint density at radius 2 is 1.62 bits per heavy atom. The molecule has 2 rings (SSSR count). The second-order valence-corrected chi connectivity index (χ2v) is 12.8. The van der Waals surface area contributed by atoms with Gasteiger partial charge in [0.15, 0.2) is 0 Å². The van der Waals surface area contributed by atoms with Gasteiger partial charge in [0.1, 0.15) is 4.21 Å². The van der Waals surface area contributed by atoms with E-state index < -0.39 is 16.0 Å². The zero-order valence-corrected chi connectivity index (χ0v) is 23.4. The lowest BCUT2D eigenvalue weighted by Gasteiger charge is -2.32. The minimum Gasteiger partial charge on any atom is -0.481 e. The van der Waals surface area contributed by atoms with Crippen molar-refractivity contribution in [2.24, 2.45) is 10.6 Å². The summed E-state index contributed by atoms with van der Waals surface area (Å²) in [5, 5.41) is 23.2. The largest absolute Gasteiger partial charge is 0.481 e. The molecule has 4 N–H and O–H groups in total. The number of sulfonamides is 1. The maximum Gasteiger partial charge on any atom is 0.300 e. The molecule has 0 saturated carbocycles. The molecule has 0 aliphatic rings. The average Bonchev–Trinajstić information content (AvgIpc) is 3.10. The molecule has 1 unspecified atom stereocenters. The number of hydrogen-bond donors (Lipinski definition) is 3. The lowest BCUT2D eigenvalue weighted by atomic mass is 9.73. The predicted molar refractivity (Wildman–Crippen MR) is 140 cm³/mol. The second-order valence-electron chi connectivity index (χ2n) is 10.00. The number of carbonyl (C=O) groups is 1. The van der Waals surface area contributed by atoms with Gasteiger partial charge >= 0.3 is 0 Å². The highest BCUT2D eigenvalue weighted by Crippen LogP contribution is 2.44. The summed E-state index contributed by atoms with van der Waals surface area (Å²) in [6, 6.07) is 8.56. The number of aliphatic hydroxyl groups excluding tert-OH is 1. The van der Waals surface area contributed by atoms with Crippen LogP contribution < -0.4 is 5.14 Å². The molecule has 0 radical (unpaired) electrons. The van der Waals surface area contributed by atoms with Crippen molar-refractivity contribution in [3.63, 3.8) is 0 Å². The summed E-state index contributed by atoms with van der Waals surface area (Å²) in [5.74, 6) is -0.833. The van der Waals surface area contributed by atoms with Gasteiger partial charge in [-0.1, -0.05) is 52.8 Å². The second kappa shape index (κ2) is 11.8. The first kappa shape index (κ1) is 30.3. The van der Waals surface area contributed by atoms with Crippen LogP contribution in [0, 0.1) is 19.3 Å². The van der Waals surface area contributed by atoms with Gasteiger partial charge in [-0.05, 0) is 73.3 Å². The Balaban J connectivity index is 0.00000133. The SMILES string of the molecule is CC(=O)O.CCC(CC)(c1ccc(CCC(O)C(C)(C)C)c(C)c1)c1cc(C)c(S(N)(=O)=O)s1. The maximum atomic E-state index is 12.0. The molecule has 0 bridgehead atoms. The van der Waals surface area contributed by atoms with Crippen molar-refractivity contribution in [3.05, 3.63) is 51.4 Å². The molecule has 2 aromatic rings. The summed E-state index contributed by atoms with van der Waals surface area (Å²) in [4.78, 5) is 10.0. The molecule has 0 aliphatic carbocycles. The van der Waals surface area contributed by atoms with Gasteiger partial charge in [0, 0.05) is 17.2 Å². The summed E-state index contributed by atoms with van der Waals surface area (Å²) < 4.78 is 24.2. The van der Waals surface area contributed by atoms with Gasteiger partial charge in [-0.15, -0.1) is 11.3 Å². The van der Waals surface area contributed by atoms with Crippen LogP contribution in [0.4, 0.5) is 0 Å². The minimum atomic E-state index is -3.72. The van der Waals surface area contributed by atoms with E-state index in [-0.39, 0.29) is 21.1 Å². The predicted octanol–water partition coefficient (Wildman–Crippen LogP) is 5.55. The molecule has 0 fully saturated rings. The van der Waals surface area contributed by atoms with E-state index in [1.165, 1.54) is 28.0 Å². The van der Waals surface area contributed by atoms with Crippen LogP contribution in [0.15, 0.2) is 28.5 Å². The Kier molecular flexibility index (Phi) is 10.5. The van der Waals surface area contributed by atoms with E-state index in [0.29, 0.717) is 5.56 Å². The number of nitrogens with two attached hydrogens (primary N) is 1. The van der Waals surface area contributed by atoms with E-state index in [0.717, 1.165) is 37.5 Å². The Bertz CT molecular complexity index is 1070. The molecule has 34 heavy (non-hydrogen) atoms. The van der Waals surface area contributed by atoms with E-state index in [1.807, 2.05) is 13.0 Å². The number of carboxylic acid groups (broad SMARTS) is 1. The van der Waals surface area contributed by atoms with Gasteiger partial charge in [-0.2, -0.15) is 0 Å². The lowest BCUT2D eigenvalue weighted by Crippen LogP contribution is -2.26. The molecule has 1 aromatic heterocycles. The molecule has 1 aromatic carbocycles. The topological polar surface area (TPSA) is 118 Å². The van der Waals surface area contributed by atoms with Crippen LogP contribution >= 0.6 is 11.3 Å². The standard InChI is InChI=1S/C24H37NO3S2.C2H4O2/c1-8-24(9-2,21-15-17(4)22(29-21)30(25,27)28)19-12-10-18(16(3)14-19)11-13-20(26)23(5,6)7;1-2(3)4/h10,12,14-15,20,26H,8-9,11,13H2,1-7H3,(H2,25,27,28);1H3,(H,3,4). The van der Waals surface area contributed by atoms with Crippen LogP contribution in [-0.4, -0.2) is 30.7 Å². The third kappa shape index (κ3) is 7.63. The van der Waals surface area contributed by atoms with E-state index in [1.54, 1.807) is 0 Å². The lowest BCUT2D eigenvalue weighted by molar-refractivity contribution is -0.134. The van der Waals surface area contributed by atoms with Gasteiger partial charge in [-0.25, -0.2) is 13.6 Å². The van der Waals surface area contributed by atoms with E-state index >= 15 is 0 Å². The van der Waals surface area contributed by atoms with E-state index in [2.05, 4.69) is 59.7 Å². The number of benzene rings is 1. The van der Waals surface area contributed by atoms with Crippen molar-refractivity contribution in [2.45, 2.75) is 96.8 Å². The molecule has 6 nitrogen and oxygen atoms in total. The number of primary sulfonamides is 1. The van der Waals surface area contributed by atoms with Crippen molar-refractivity contribution < 1.29 is 23.4 Å². The van der Waals surface area contributed by atoms with Crippen LogP contribution in [0.5, 0.6) is 0 Å². The first-order valence-electron chi connectivity index (χ1n) is 11.6. The van der Waals surface area contributed by atoms with Crippen LogP contribution in [0.2, 0.25) is 0 Å². The smallest absolute Gasteiger partial charge is 0.300 e. The number of aliphatic hydroxyl groups is 1. The Morgan fingerprint density at radius 1 is 1.09 bits per heavy atom. The summed E-state index contributed by atoms with van der Waals surface area (Å²) in [6.07, 6.45) is 2.97. The molecule has 1 atom stereocenters. The van der Waals surface area contributed by atoms with E-state index in [9.17, 15) is 13.5 Å². The fraction of sp³-hybridized carbons (Fsp3) is 0.577. The zero-order chi connectivity index (χ0) is 26.5. The maximum absolute atomic E-state index is 12.0. The van der Waals surface area contributed by atoms with Gasteiger partial charge in [0.2, 0.25) is 10.0 Å². The number of hydrogen-bond acceptors (Lipinski definition) is 5. The monoisotopic (exact) mass is 511 g/mol. The number of carboxylic acids is 1. The summed E-state index contributed by atoms with van der Waals surface area (Å²) in [6.45, 7) is 15.5. The van der Waals surface area contributed by atoms with E-state index in [4.69, 9.17) is 15.0 Å². The normalized spacial score (nSPS) is 13.2. The molecule has 0 amide bonds. The van der Waals surface area contributed by atoms with Crippen molar-refractivity contribution in [2.75, 3.05) is 0 Å². The average molecular weight is 512 g/mol. The fourth-order valence-electron chi connectivity index (χ4n) is 4.13. The van der Waals surface area contributed by atoms with Crippen LogP contribution in [0.3, 0.4) is 0 Å². The van der Waals surface area contributed by atoms with Crippen LogP contribution in [0.25, 0.3) is 0 Å². The highest BCUT2D eigenvalue weighted by atomic mass is 32.2. The molecule has 0 aliphatic heterocycles. The molecule has 0 saturated heterocycles. The van der Waals surface area contributed by atoms with Crippen molar-refractivity contribution in [1.82, 2.24) is 0 Å². The molecule has 0 spiro atoms. The Morgan fingerprint density at radius 3 is 2.00 bits per heavy atom. The Hall–Kier alpha value is -1.74. The van der Waals surface area contributed by atoms with Gasteiger partial charge in [0.25, 0.3) is 5.97 Å². The zero-order valence-electron chi connectivity index (χ0n) is 21.7. The van der Waals surface area contributed by atoms with Gasteiger partial charge in [-0.3, -0.25) is 4.79 Å². The summed E-state index contributed by atoms with van der Waals surface area (Å²) >= 11 is 1.30. The molecular weight excluding hydrogens is 470 g/mol. The number of thiophene rings is 1. The first-order chi connectivity index (χ1) is 15.5. The third-order valence-electron chi connectivity index (χ3n) is 6.39. The van der Waals surface area contributed by atoms with Crippen molar-refractivity contribution in [3.8, 4) is 0 Å². The number of aliphatic carboxylic acids is 1. The molecule has 192 valence electrons.